The molecule has 0 spiro atoms. The van der Waals surface area contributed by atoms with Crippen LogP contribution in [0.25, 0.3) is 0 Å². The lowest BCUT2D eigenvalue weighted by molar-refractivity contribution is -0.163. The summed E-state index contributed by atoms with van der Waals surface area (Å²) < 4.78 is 11.0. The number of ether oxygens (including phenoxy) is 2. The van der Waals surface area contributed by atoms with Crippen LogP contribution in [-0.2, 0) is 20.7 Å². The summed E-state index contributed by atoms with van der Waals surface area (Å²) in [5.41, 5.74) is 0.984. The van der Waals surface area contributed by atoms with Crippen LogP contribution in [0, 0.1) is 5.92 Å². The number of carbonyl (C=O) groups excluding carboxylic acids is 2. The van der Waals surface area contributed by atoms with Crippen molar-refractivity contribution in [3.05, 3.63) is 29.8 Å². The van der Waals surface area contributed by atoms with Crippen LogP contribution in [0.5, 0.6) is 5.75 Å². The van der Waals surface area contributed by atoms with E-state index in [-0.39, 0.29) is 24.1 Å². The van der Waals surface area contributed by atoms with E-state index in [0.29, 0.717) is 11.7 Å². The molecule has 0 amide bonds. The molecule has 3 aliphatic rings. The van der Waals surface area contributed by atoms with Gasteiger partial charge in [-0.3, -0.25) is 14.5 Å². The van der Waals surface area contributed by atoms with Crippen LogP contribution in [0.4, 0.5) is 0 Å². The molecule has 3 saturated heterocycles. The molecule has 3 heterocycles. The van der Waals surface area contributed by atoms with Crippen molar-refractivity contribution in [2.75, 3.05) is 13.1 Å². The van der Waals surface area contributed by atoms with E-state index in [1.807, 2.05) is 24.3 Å². The lowest BCUT2D eigenvalue weighted by Crippen LogP contribution is -2.59. The average Bonchev–Trinajstić information content (AvgIpc) is 2.51. The second-order valence-electron chi connectivity index (χ2n) is 6.42. The molecule has 4 rings (SSSR count). The zero-order valence-electron chi connectivity index (χ0n) is 13.7. The Morgan fingerprint density at radius 1 is 1.13 bits per heavy atom. The SMILES string of the molecule is CC(=O)Oc1ccccc1C[C@H]1[C@H](OC(C)=O)C2CCN1CC2. The van der Waals surface area contributed by atoms with Crippen LogP contribution in [0.2, 0.25) is 0 Å². The van der Waals surface area contributed by atoms with Crippen LogP contribution in [0.3, 0.4) is 0 Å². The van der Waals surface area contributed by atoms with E-state index in [9.17, 15) is 9.59 Å². The first-order valence-corrected chi connectivity index (χ1v) is 8.22. The van der Waals surface area contributed by atoms with E-state index < -0.39 is 0 Å². The number of hydrogen-bond acceptors (Lipinski definition) is 5. The van der Waals surface area contributed by atoms with Crippen molar-refractivity contribution in [3.63, 3.8) is 0 Å². The summed E-state index contributed by atoms with van der Waals surface area (Å²) in [7, 11) is 0. The minimum atomic E-state index is -0.320. The number of piperidine rings is 3. The predicted octanol–water partition coefficient (Wildman–Crippen LogP) is 2.18. The number of benzene rings is 1. The smallest absolute Gasteiger partial charge is 0.308 e. The minimum Gasteiger partial charge on any atom is -0.461 e. The van der Waals surface area contributed by atoms with Crippen LogP contribution < -0.4 is 4.74 Å². The molecule has 0 saturated carbocycles. The number of nitrogens with zero attached hydrogens (tertiary/aromatic N) is 1. The highest BCUT2D eigenvalue weighted by Crippen LogP contribution is 2.37. The maximum absolute atomic E-state index is 11.5. The molecule has 5 heteroatoms. The molecule has 5 nitrogen and oxygen atoms in total. The predicted molar refractivity (Wildman–Crippen MR) is 85.1 cm³/mol. The fourth-order valence-corrected chi connectivity index (χ4v) is 3.87. The van der Waals surface area contributed by atoms with Crippen molar-refractivity contribution < 1.29 is 19.1 Å². The largest absolute Gasteiger partial charge is 0.461 e. The van der Waals surface area contributed by atoms with Crippen LogP contribution in [0.15, 0.2) is 24.3 Å². The fraction of sp³-hybridized carbons (Fsp3) is 0.556. The molecule has 0 unspecified atom stereocenters. The van der Waals surface area contributed by atoms with Gasteiger partial charge in [-0.25, -0.2) is 0 Å². The van der Waals surface area contributed by atoms with Gasteiger partial charge in [-0.2, -0.15) is 0 Å². The van der Waals surface area contributed by atoms with Gasteiger partial charge in [0.05, 0.1) is 6.04 Å². The Labute approximate surface area is 136 Å². The van der Waals surface area contributed by atoms with Gasteiger partial charge in [-0.05, 0) is 49.9 Å². The summed E-state index contributed by atoms with van der Waals surface area (Å²) >= 11 is 0. The monoisotopic (exact) mass is 317 g/mol. The molecule has 0 radical (unpaired) electrons. The molecule has 0 N–H and O–H groups in total. The Morgan fingerprint density at radius 3 is 2.48 bits per heavy atom. The highest BCUT2D eigenvalue weighted by atomic mass is 16.5. The first kappa shape index (κ1) is 16.0. The quantitative estimate of drug-likeness (QED) is 0.629. The summed E-state index contributed by atoms with van der Waals surface area (Å²) in [6.07, 6.45) is 2.82. The highest BCUT2D eigenvalue weighted by molar-refractivity contribution is 5.69. The second-order valence-corrected chi connectivity index (χ2v) is 6.42. The zero-order valence-corrected chi connectivity index (χ0v) is 13.7. The summed E-state index contributed by atoms with van der Waals surface area (Å²) in [5, 5.41) is 0. The zero-order chi connectivity index (χ0) is 16.4. The molecule has 2 bridgehead atoms. The molecule has 0 aliphatic carbocycles. The van der Waals surface area contributed by atoms with Gasteiger partial charge < -0.3 is 9.47 Å². The fourth-order valence-electron chi connectivity index (χ4n) is 3.87. The van der Waals surface area contributed by atoms with Crippen molar-refractivity contribution in [3.8, 4) is 5.75 Å². The Hall–Kier alpha value is -1.88. The topological polar surface area (TPSA) is 55.8 Å². The molecule has 0 aromatic heterocycles. The first-order chi connectivity index (χ1) is 11.0. The summed E-state index contributed by atoms with van der Waals surface area (Å²) in [6, 6.07) is 7.75. The Balaban J connectivity index is 1.82. The van der Waals surface area contributed by atoms with E-state index in [2.05, 4.69) is 4.90 Å². The van der Waals surface area contributed by atoms with E-state index in [1.54, 1.807) is 0 Å². The molecule has 2 atom stereocenters. The number of hydrogen-bond donors (Lipinski definition) is 0. The lowest BCUT2D eigenvalue weighted by atomic mass is 9.78. The maximum Gasteiger partial charge on any atom is 0.308 e. The van der Waals surface area contributed by atoms with Gasteiger partial charge >= 0.3 is 11.9 Å². The molecule has 3 aliphatic heterocycles. The third-order valence-electron chi connectivity index (χ3n) is 4.84. The number of rotatable bonds is 4. The third-order valence-corrected chi connectivity index (χ3v) is 4.84. The maximum atomic E-state index is 11.5. The van der Waals surface area contributed by atoms with Crippen LogP contribution in [-0.4, -0.2) is 42.1 Å². The molecule has 124 valence electrons. The van der Waals surface area contributed by atoms with E-state index in [0.717, 1.165) is 37.9 Å². The van der Waals surface area contributed by atoms with Crippen molar-refractivity contribution in [2.45, 2.75) is 45.3 Å². The summed E-state index contributed by atoms with van der Waals surface area (Å²) in [5.74, 6) is 0.500. The second kappa shape index (κ2) is 6.71. The Bertz CT molecular complexity index is 592. The number of para-hydroxylation sites is 1. The number of carbonyl (C=O) groups is 2. The van der Waals surface area contributed by atoms with Gasteiger partial charge in [0.15, 0.2) is 0 Å². The van der Waals surface area contributed by atoms with Crippen LogP contribution >= 0.6 is 0 Å². The van der Waals surface area contributed by atoms with Gasteiger partial charge in [0.25, 0.3) is 0 Å². The summed E-state index contributed by atoms with van der Waals surface area (Å²) in [4.78, 5) is 25.2. The van der Waals surface area contributed by atoms with Crippen molar-refractivity contribution >= 4 is 11.9 Å². The lowest BCUT2D eigenvalue weighted by Gasteiger charge is -2.50. The van der Waals surface area contributed by atoms with E-state index in [1.165, 1.54) is 13.8 Å². The van der Waals surface area contributed by atoms with Crippen molar-refractivity contribution in [2.24, 2.45) is 5.92 Å². The number of fused-ring (bicyclic) bond motifs is 3. The third kappa shape index (κ3) is 3.55. The highest BCUT2D eigenvalue weighted by Gasteiger charge is 2.44. The Kier molecular flexibility index (Phi) is 4.66. The standard InChI is InChI=1S/C18H23NO4/c1-12(20)22-17-6-4-3-5-15(17)11-16-18(23-13(2)21)14-7-9-19(16)10-8-14/h3-6,14,16,18H,7-11H2,1-2H3/t16-,18+/m0/s1. The van der Waals surface area contributed by atoms with E-state index in [4.69, 9.17) is 9.47 Å². The molecular formula is C18H23NO4. The van der Waals surface area contributed by atoms with Crippen molar-refractivity contribution in [1.82, 2.24) is 4.90 Å². The van der Waals surface area contributed by atoms with Crippen molar-refractivity contribution in [1.29, 1.82) is 0 Å². The molecule has 1 aromatic rings. The molecule has 1 aromatic carbocycles. The van der Waals surface area contributed by atoms with Gasteiger partial charge in [-0.1, -0.05) is 18.2 Å². The Morgan fingerprint density at radius 2 is 1.83 bits per heavy atom. The first-order valence-electron chi connectivity index (χ1n) is 8.22. The van der Waals surface area contributed by atoms with Gasteiger partial charge in [0, 0.05) is 13.8 Å². The van der Waals surface area contributed by atoms with Crippen LogP contribution in [0.1, 0.15) is 32.3 Å². The number of esters is 2. The summed E-state index contributed by atoms with van der Waals surface area (Å²) in [6.45, 7) is 4.97. The van der Waals surface area contributed by atoms with Gasteiger partial charge in [-0.15, -0.1) is 0 Å². The normalized spacial score (nSPS) is 29.1. The molecular weight excluding hydrogens is 294 g/mol. The molecule has 3 fully saturated rings. The average molecular weight is 317 g/mol. The van der Waals surface area contributed by atoms with E-state index >= 15 is 0 Å². The minimum absolute atomic E-state index is 0.0691. The molecule has 23 heavy (non-hydrogen) atoms. The van der Waals surface area contributed by atoms with Gasteiger partial charge in [0.1, 0.15) is 11.9 Å². The van der Waals surface area contributed by atoms with Gasteiger partial charge in [0.2, 0.25) is 0 Å².